The lowest BCUT2D eigenvalue weighted by Gasteiger charge is -2.64. The molecule has 6 heteroatoms. The van der Waals surface area contributed by atoms with E-state index >= 15 is 0 Å². The van der Waals surface area contributed by atoms with Crippen LogP contribution in [0.4, 0.5) is 0 Å². The van der Waals surface area contributed by atoms with Crippen molar-refractivity contribution in [1.82, 2.24) is 5.32 Å². The lowest BCUT2D eigenvalue weighted by atomic mass is 9.43. The van der Waals surface area contributed by atoms with Gasteiger partial charge in [0.25, 0.3) is 0 Å². The number of carbonyl (C=O) groups is 1. The summed E-state index contributed by atoms with van der Waals surface area (Å²) in [5, 5.41) is 3.26. The molecule has 2 aliphatic heterocycles. The first kappa shape index (κ1) is 15.8. The molecule has 0 amide bonds. The molecule has 118 valence electrons. The minimum absolute atomic E-state index is 0. The predicted molar refractivity (Wildman–Crippen MR) is 83.4 cm³/mol. The molecule has 0 radical (unpaired) electrons. The van der Waals surface area contributed by atoms with Gasteiger partial charge in [-0.25, -0.2) is 0 Å². The SMILES string of the molecule is CC1(C)C2CC3OB(C(=O)C4CCCN4)O[C@]3(C)C1C2.Cl. The van der Waals surface area contributed by atoms with E-state index in [1.165, 1.54) is 6.42 Å². The zero-order chi connectivity index (χ0) is 14.1. The largest absolute Gasteiger partial charge is 0.534 e. The fourth-order valence-electron chi connectivity index (χ4n) is 5.08. The lowest BCUT2D eigenvalue weighted by Crippen LogP contribution is -2.65. The van der Waals surface area contributed by atoms with Gasteiger partial charge in [0.1, 0.15) is 0 Å². The van der Waals surface area contributed by atoms with Crippen LogP contribution in [0.5, 0.6) is 0 Å². The maximum absolute atomic E-state index is 12.5. The summed E-state index contributed by atoms with van der Waals surface area (Å²) in [6.07, 6.45) is 4.37. The van der Waals surface area contributed by atoms with Crippen molar-refractivity contribution < 1.29 is 14.1 Å². The van der Waals surface area contributed by atoms with E-state index < -0.39 is 7.12 Å². The summed E-state index contributed by atoms with van der Waals surface area (Å²) in [5.74, 6) is 1.25. The molecule has 3 saturated carbocycles. The summed E-state index contributed by atoms with van der Waals surface area (Å²) in [6, 6.07) is -0.0632. The first-order valence-electron chi connectivity index (χ1n) is 8.03. The zero-order valence-electron chi connectivity index (χ0n) is 13.1. The van der Waals surface area contributed by atoms with Crippen LogP contribution in [0.25, 0.3) is 0 Å². The Bertz CT molecular complexity index is 454. The monoisotopic (exact) mass is 313 g/mol. The van der Waals surface area contributed by atoms with E-state index in [1.54, 1.807) is 0 Å². The Morgan fingerprint density at radius 3 is 2.67 bits per heavy atom. The summed E-state index contributed by atoms with van der Waals surface area (Å²) < 4.78 is 12.2. The van der Waals surface area contributed by atoms with Crippen LogP contribution in [0, 0.1) is 17.3 Å². The number of hydrogen-bond donors (Lipinski definition) is 1. The summed E-state index contributed by atoms with van der Waals surface area (Å²) >= 11 is 0. The van der Waals surface area contributed by atoms with Crippen LogP contribution in [-0.4, -0.2) is 37.1 Å². The minimum atomic E-state index is -0.643. The average Bonchev–Trinajstić information content (AvgIpc) is 3.02. The molecule has 5 fully saturated rings. The molecule has 5 atom stereocenters. The van der Waals surface area contributed by atoms with E-state index in [0.717, 1.165) is 31.7 Å². The Hall–Kier alpha value is -0.0951. The zero-order valence-corrected chi connectivity index (χ0v) is 13.9. The second-order valence-corrected chi connectivity index (χ2v) is 7.85. The van der Waals surface area contributed by atoms with Gasteiger partial charge in [0.15, 0.2) is 5.68 Å². The van der Waals surface area contributed by atoms with E-state index in [-0.39, 0.29) is 35.8 Å². The van der Waals surface area contributed by atoms with Crippen LogP contribution in [0.3, 0.4) is 0 Å². The molecule has 4 nitrogen and oxygen atoms in total. The highest BCUT2D eigenvalue weighted by Crippen LogP contribution is 2.65. The Balaban J connectivity index is 0.00000132. The van der Waals surface area contributed by atoms with E-state index in [1.807, 2.05) is 0 Å². The lowest BCUT2D eigenvalue weighted by molar-refractivity contribution is -0.199. The summed E-state index contributed by atoms with van der Waals surface area (Å²) in [5.41, 5.74) is 0.170. The normalized spacial score (nSPS) is 46.5. The molecule has 2 heterocycles. The molecule has 2 saturated heterocycles. The summed E-state index contributed by atoms with van der Waals surface area (Å²) in [7, 11) is -0.643. The number of rotatable bonds is 2. The third-order valence-electron chi connectivity index (χ3n) is 6.59. The minimum Gasteiger partial charge on any atom is -0.400 e. The molecular formula is C15H25BClNO3. The van der Waals surface area contributed by atoms with Crippen molar-refractivity contribution in [2.45, 2.75) is 64.2 Å². The second kappa shape index (κ2) is 4.95. The van der Waals surface area contributed by atoms with Gasteiger partial charge in [-0.05, 0) is 56.4 Å². The highest BCUT2D eigenvalue weighted by molar-refractivity contribution is 6.82. The van der Waals surface area contributed by atoms with E-state index in [0.29, 0.717) is 11.3 Å². The first-order valence-corrected chi connectivity index (χ1v) is 8.03. The van der Waals surface area contributed by atoms with Gasteiger partial charge in [-0.1, -0.05) is 13.8 Å². The highest BCUT2D eigenvalue weighted by atomic mass is 35.5. The first-order chi connectivity index (χ1) is 9.43. The number of nitrogens with one attached hydrogen (secondary N) is 1. The van der Waals surface area contributed by atoms with Gasteiger partial charge in [-0.2, -0.15) is 0 Å². The van der Waals surface area contributed by atoms with Gasteiger partial charge < -0.3 is 19.4 Å². The molecule has 2 bridgehead atoms. The van der Waals surface area contributed by atoms with Crippen molar-refractivity contribution in [1.29, 1.82) is 0 Å². The van der Waals surface area contributed by atoms with Crippen molar-refractivity contribution in [2.24, 2.45) is 17.3 Å². The van der Waals surface area contributed by atoms with Crippen LogP contribution in [0.15, 0.2) is 0 Å². The third kappa shape index (κ3) is 2.04. The number of carbonyl (C=O) groups excluding carboxylic acids is 1. The number of halogens is 1. The van der Waals surface area contributed by atoms with Crippen LogP contribution < -0.4 is 5.32 Å². The van der Waals surface area contributed by atoms with E-state index in [2.05, 4.69) is 26.1 Å². The molecule has 5 rings (SSSR count). The molecule has 0 aromatic rings. The second-order valence-electron chi connectivity index (χ2n) is 7.85. The van der Waals surface area contributed by atoms with Gasteiger partial charge in [-0.3, -0.25) is 0 Å². The van der Waals surface area contributed by atoms with E-state index in [4.69, 9.17) is 9.31 Å². The maximum Gasteiger partial charge on any atom is 0.534 e. The average molecular weight is 314 g/mol. The van der Waals surface area contributed by atoms with Crippen LogP contribution in [0.2, 0.25) is 0 Å². The van der Waals surface area contributed by atoms with Crippen molar-refractivity contribution in [3.63, 3.8) is 0 Å². The molecular weight excluding hydrogens is 288 g/mol. The van der Waals surface area contributed by atoms with Crippen LogP contribution in [0.1, 0.15) is 46.5 Å². The van der Waals surface area contributed by atoms with Gasteiger partial charge in [0.2, 0.25) is 0 Å². The van der Waals surface area contributed by atoms with Crippen LogP contribution >= 0.6 is 12.4 Å². The van der Waals surface area contributed by atoms with Crippen molar-refractivity contribution >= 4 is 25.2 Å². The molecule has 0 aromatic heterocycles. The Kier molecular flexibility index (Phi) is 3.72. The summed E-state index contributed by atoms with van der Waals surface area (Å²) in [4.78, 5) is 12.5. The molecule has 0 aromatic carbocycles. The Morgan fingerprint density at radius 1 is 1.29 bits per heavy atom. The quantitative estimate of drug-likeness (QED) is 0.792. The van der Waals surface area contributed by atoms with Gasteiger partial charge in [0, 0.05) is 0 Å². The fourth-order valence-corrected chi connectivity index (χ4v) is 5.08. The van der Waals surface area contributed by atoms with Gasteiger partial charge >= 0.3 is 7.12 Å². The smallest absolute Gasteiger partial charge is 0.400 e. The molecule has 21 heavy (non-hydrogen) atoms. The van der Waals surface area contributed by atoms with Crippen molar-refractivity contribution in [3.05, 3.63) is 0 Å². The standard InChI is InChI=1S/C15H24BNO3.ClH/c1-14(2)9-7-11(14)15(3)12(8-9)19-16(20-15)13(18)10-5-4-6-17-10;/h9-12,17H,4-8H2,1-3H3;1H/t9?,10?,11?,12?,15-;/m1./s1. The summed E-state index contributed by atoms with van der Waals surface area (Å²) in [6.45, 7) is 7.77. The molecule has 5 aliphatic rings. The topological polar surface area (TPSA) is 47.6 Å². The van der Waals surface area contributed by atoms with Crippen molar-refractivity contribution in [2.75, 3.05) is 6.54 Å². The van der Waals surface area contributed by atoms with E-state index in [9.17, 15) is 4.79 Å². The van der Waals surface area contributed by atoms with Gasteiger partial charge in [-0.15, -0.1) is 12.4 Å². The predicted octanol–water partition coefficient (Wildman–Crippen LogP) is 2.00. The molecule has 0 spiro atoms. The highest BCUT2D eigenvalue weighted by Gasteiger charge is 2.68. The molecule has 3 aliphatic carbocycles. The Labute approximate surface area is 133 Å². The van der Waals surface area contributed by atoms with Crippen LogP contribution in [-0.2, 0) is 14.1 Å². The van der Waals surface area contributed by atoms with Gasteiger partial charge in [0.05, 0.1) is 17.7 Å². The Morgan fingerprint density at radius 2 is 2.05 bits per heavy atom. The number of hydrogen-bond acceptors (Lipinski definition) is 4. The molecule has 1 N–H and O–H groups in total. The fraction of sp³-hybridized carbons (Fsp3) is 0.933. The maximum atomic E-state index is 12.5. The van der Waals surface area contributed by atoms with Crippen molar-refractivity contribution in [3.8, 4) is 0 Å². The molecule has 4 unspecified atom stereocenters. The third-order valence-corrected chi connectivity index (χ3v) is 6.59.